The van der Waals surface area contributed by atoms with E-state index in [-0.39, 0.29) is 24.1 Å². The number of rotatable bonds is 6. The molecule has 2 atom stereocenters. The third-order valence-electron chi connectivity index (χ3n) is 4.08. The van der Waals surface area contributed by atoms with Crippen LogP contribution in [0.1, 0.15) is 10.5 Å². The topological polar surface area (TPSA) is 116 Å². The van der Waals surface area contributed by atoms with Crippen molar-refractivity contribution in [2.75, 3.05) is 26.2 Å². The number of aliphatic hydroxyl groups is 1. The van der Waals surface area contributed by atoms with Crippen molar-refractivity contribution in [3.63, 3.8) is 0 Å². The van der Waals surface area contributed by atoms with Crippen LogP contribution in [0.25, 0.3) is 11.3 Å². The summed E-state index contributed by atoms with van der Waals surface area (Å²) in [5.41, 5.74) is 0.928. The average Bonchev–Trinajstić information content (AvgIpc) is 3.28. The number of carbonyl (C=O) groups excluding carboxylic acids is 2. The molecule has 1 fully saturated rings. The monoisotopic (exact) mass is 344 g/mol. The SMILES string of the molecule is O=C(CNC(=O)c1cc(-c2ccccc2)on1)NCC1CNCC1O. The molecule has 8 heteroatoms. The van der Waals surface area contributed by atoms with Crippen LogP contribution < -0.4 is 16.0 Å². The second kappa shape index (κ2) is 7.91. The van der Waals surface area contributed by atoms with Crippen LogP contribution in [0.15, 0.2) is 40.9 Å². The molecular weight excluding hydrogens is 324 g/mol. The standard InChI is InChI=1S/C17H20N4O4/c22-14-9-18-7-12(14)8-19-16(23)10-20-17(24)13-6-15(25-21-13)11-4-2-1-3-5-11/h1-6,12,14,18,22H,7-10H2,(H,19,23)(H,20,24). The van der Waals surface area contributed by atoms with Crippen molar-refractivity contribution in [2.45, 2.75) is 6.10 Å². The van der Waals surface area contributed by atoms with E-state index < -0.39 is 12.0 Å². The highest BCUT2D eigenvalue weighted by Gasteiger charge is 2.25. The summed E-state index contributed by atoms with van der Waals surface area (Å²) in [6, 6.07) is 10.8. The Labute approximate surface area is 144 Å². The van der Waals surface area contributed by atoms with Crippen LogP contribution in [0.3, 0.4) is 0 Å². The zero-order chi connectivity index (χ0) is 17.6. The van der Waals surface area contributed by atoms with Gasteiger partial charge in [-0.2, -0.15) is 0 Å². The van der Waals surface area contributed by atoms with E-state index in [0.29, 0.717) is 25.4 Å². The maximum Gasteiger partial charge on any atom is 0.273 e. The number of nitrogens with one attached hydrogen (secondary N) is 3. The van der Waals surface area contributed by atoms with Crippen molar-refractivity contribution in [1.82, 2.24) is 21.1 Å². The summed E-state index contributed by atoms with van der Waals surface area (Å²) in [5, 5.41) is 21.6. The van der Waals surface area contributed by atoms with Gasteiger partial charge in [0, 0.05) is 37.2 Å². The number of carbonyl (C=O) groups is 2. The number of benzene rings is 1. The van der Waals surface area contributed by atoms with Gasteiger partial charge >= 0.3 is 0 Å². The Hall–Kier alpha value is -2.71. The summed E-state index contributed by atoms with van der Waals surface area (Å²) < 4.78 is 5.16. The van der Waals surface area contributed by atoms with E-state index in [1.165, 1.54) is 6.07 Å². The predicted molar refractivity (Wildman–Crippen MR) is 89.6 cm³/mol. The van der Waals surface area contributed by atoms with Crippen molar-refractivity contribution < 1.29 is 19.2 Å². The fourth-order valence-electron chi connectivity index (χ4n) is 2.61. The molecule has 25 heavy (non-hydrogen) atoms. The van der Waals surface area contributed by atoms with Crippen LogP contribution in [0.2, 0.25) is 0 Å². The second-order valence-corrected chi connectivity index (χ2v) is 5.91. The zero-order valence-corrected chi connectivity index (χ0v) is 13.6. The molecule has 0 radical (unpaired) electrons. The summed E-state index contributed by atoms with van der Waals surface area (Å²) in [4.78, 5) is 23.8. The molecule has 0 bridgehead atoms. The molecule has 1 aromatic carbocycles. The Balaban J connectivity index is 1.46. The normalized spacial score (nSPS) is 19.6. The van der Waals surface area contributed by atoms with Crippen LogP contribution >= 0.6 is 0 Å². The van der Waals surface area contributed by atoms with Gasteiger partial charge in [0.15, 0.2) is 11.5 Å². The largest absolute Gasteiger partial charge is 0.391 e. The zero-order valence-electron chi connectivity index (χ0n) is 13.6. The van der Waals surface area contributed by atoms with Crippen LogP contribution in [0, 0.1) is 5.92 Å². The lowest BCUT2D eigenvalue weighted by Crippen LogP contribution is -2.40. The molecule has 1 aliphatic heterocycles. The second-order valence-electron chi connectivity index (χ2n) is 5.91. The highest BCUT2D eigenvalue weighted by atomic mass is 16.5. The average molecular weight is 344 g/mol. The van der Waals surface area contributed by atoms with E-state index >= 15 is 0 Å². The molecule has 0 aliphatic carbocycles. The van der Waals surface area contributed by atoms with Crippen molar-refractivity contribution in [3.05, 3.63) is 42.1 Å². The molecule has 2 amide bonds. The maximum absolute atomic E-state index is 12.0. The van der Waals surface area contributed by atoms with Crippen molar-refractivity contribution >= 4 is 11.8 Å². The van der Waals surface area contributed by atoms with Gasteiger partial charge in [-0.1, -0.05) is 35.5 Å². The van der Waals surface area contributed by atoms with Gasteiger partial charge in [-0.3, -0.25) is 9.59 Å². The van der Waals surface area contributed by atoms with Crippen molar-refractivity contribution in [1.29, 1.82) is 0 Å². The van der Waals surface area contributed by atoms with E-state index in [0.717, 1.165) is 5.56 Å². The van der Waals surface area contributed by atoms with Crippen LogP contribution in [-0.4, -0.2) is 54.4 Å². The molecule has 2 heterocycles. The molecule has 3 rings (SSSR count). The van der Waals surface area contributed by atoms with Crippen LogP contribution in [-0.2, 0) is 4.79 Å². The van der Waals surface area contributed by atoms with E-state index in [1.807, 2.05) is 30.3 Å². The van der Waals surface area contributed by atoms with Gasteiger partial charge in [0.1, 0.15) is 0 Å². The highest BCUT2D eigenvalue weighted by Crippen LogP contribution is 2.19. The Morgan fingerprint density at radius 1 is 1.24 bits per heavy atom. The molecule has 1 aliphatic rings. The molecule has 2 aromatic rings. The highest BCUT2D eigenvalue weighted by molar-refractivity contribution is 5.95. The third kappa shape index (κ3) is 4.43. The lowest BCUT2D eigenvalue weighted by atomic mass is 10.1. The number of β-amino-alcohol motifs (C(OH)–C–C–N with tert-alkyl or cyclic N) is 1. The summed E-state index contributed by atoms with van der Waals surface area (Å²) >= 11 is 0. The number of amides is 2. The first kappa shape index (κ1) is 17.1. The first-order valence-corrected chi connectivity index (χ1v) is 8.09. The van der Waals surface area contributed by atoms with Gasteiger partial charge in [-0.15, -0.1) is 0 Å². The molecule has 0 spiro atoms. The number of nitrogens with zero attached hydrogens (tertiary/aromatic N) is 1. The minimum absolute atomic E-state index is 0.0105. The third-order valence-corrected chi connectivity index (χ3v) is 4.08. The smallest absolute Gasteiger partial charge is 0.273 e. The molecule has 1 aromatic heterocycles. The Kier molecular flexibility index (Phi) is 5.42. The van der Waals surface area contributed by atoms with E-state index in [4.69, 9.17) is 4.52 Å². The molecule has 8 nitrogen and oxygen atoms in total. The van der Waals surface area contributed by atoms with Gasteiger partial charge in [-0.05, 0) is 0 Å². The van der Waals surface area contributed by atoms with Crippen molar-refractivity contribution in [2.24, 2.45) is 5.92 Å². The van der Waals surface area contributed by atoms with Crippen LogP contribution in [0.5, 0.6) is 0 Å². The maximum atomic E-state index is 12.0. The lowest BCUT2D eigenvalue weighted by Gasteiger charge is -2.14. The minimum atomic E-state index is -0.483. The van der Waals surface area contributed by atoms with Crippen LogP contribution in [0.4, 0.5) is 0 Å². The van der Waals surface area contributed by atoms with Gasteiger partial charge in [0.2, 0.25) is 5.91 Å². The number of hydrogen-bond donors (Lipinski definition) is 4. The Morgan fingerprint density at radius 2 is 2.04 bits per heavy atom. The predicted octanol–water partition coefficient (Wildman–Crippen LogP) is -0.232. The Bertz CT molecular complexity index is 731. The first-order valence-electron chi connectivity index (χ1n) is 8.09. The Morgan fingerprint density at radius 3 is 2.76 bits per heavy atom. The van der Waals surface area contributed by atoms with E-state index in [1.54, 1.807) is 0 Å². The van der Waals surface area contributed by atoms with Gasteiger partial charge in [-0.25, -0.2) is 0 Å². The lowest BCUT2D eigenvalue weighted by molar-refractivity contribution is -0.120. The molecule has 4 N–H and O–H groups in total. The van der Waals surface area contributed by atoms with Gasteiger partial charge < -0.3 is 25.6 Å². The number of hydrogen-bond acceptors (Lipinski definition) is 6. The number of aromatic nitrogens is 1. The van der Waals surface area contributed by atoms with E-state index in [2.05, 4.69) is 21.1 Å². The molecule has 132 valence electrons. The summed E-state index contributed by atoms with van der Waals surface area (Å²) in [5.74, 6) is -0.329. The number of aliphatic hydroxyl groups excluding tert-OH is 1. The molecular formula is C17H20N4O4. The van der Waals surface area contributed by atoms with Gasteiger partial charge in [0.05, 0.1) is 12.6 Å². The summed E-state index contributed by atoms with van der Waals surface area (Å²) in [6.45, 7) is 1.40. The minimum Gasteiger partial charge on any atom is -0.391 e. The quantitative estimate of drug-likeness (QED) is 0.575. The van der Waals surface area contributed by atoms with E-state index in [9.17, 15) is 14.7 Å². The van der Waals surface area contributed by atoms with Crippen molar-refractivity contribution in [3.8, 4) is 11.3 Å². The fourth-order valence-corrected chi connectivity index (χ4v) is 2.61. The fraction of sp³-hybridized carbons (Fsp3) is 0.353. The molecule has 0 saturated carbocycles. The molecule has 1 saturated heterocycles. The molecule has 2 unspecified atom stereocenters. The summed E-state index contributed by atoms with van der Waals surface area (Å²) in [6.07, 6.45) is -0.457. The summed E-state index contributed by atoms with van der Waals surface area (Å²) in [7, 11) is 0. The first-order chi connectivity index (χ1) is 12.1. The van der Waals surface area contributed by atoms with Gasteiger partial charge in [0.25, 0.3) is 5.91 Å².